The van der Waals surface area contributed by atoms with Gasteiger partial charge in [-0.2, -0.15) is 5.26 Å². The van der Waals surface area contributed by atoms with Crippen molar-refractivity contribution in [3.8, 4) is 11.8 Å². The normalized spacial score (nSPS) is 16.7. The van der Waals surface area contributed by atoms with E-state index in [-0.39, 0.29) is 5.91 Å². The number of nitrogens with one attached hydrogen (secondary N) is 1. The number of aromatic nitrogens is 1. The van der Waals surface area contributed by atoms with Crippen LogP contribution in [-0.4, -0.2) is 16.0 Å². The molecular weight excluding hydrogens is 274 g/mol. The first-order valence-corrected chi connectivity index (χ1v) is 7.70. The van der Waals surface area contributed by atoms with Crippen molar-refractivity contribution in [2.75, 3.05) is 0 Å². The Balaban J connectivity index is 1.74. The summed E-state index contributed by atoms with van der Waals surface area (Å²) >= 11 is 0. The summed E-state index contributed by atoms with van der Waals surface area (Å²) in [6, 6.07) is 13.7. The number of carbonyl (C=O) groups excluding carboxylic acids is 1. The SMILES string of the molecule is N#CC1(NC(=O)c2ccc(-n3cccc3)cc2)CCCCC1. The first-order valence-electron chi connectivity index (χ1n) is 7.70. The zero-order chi connectivity index (χ0) is 15.4. The van der Waals surface area contributed by atoms with Gasteiger partial charge in [-0.3, -0.25) is 4.79 Å². The Morgan fingerprint density at radius 3 is 2.32 bits per heavy atom. The van der Waals surface area contributed by atoms with Crippen LogP contribution in [0.2, 0.25) is 0 Å². The minimum Gasteiger partial charge on any atom is -0.334 e. The summed E-state index contributed by atoms with van der Waals surface area (Å²) in [4.78, 5) is 12.4. The van der Waals surface area contributed by atoms with Gasteiger partial charge in [-0.25, -0.2) is 0 Å². The van der Waals surface area contributed by atoms with Gasteiger partial charge in [0.15, 0.2) is 0 Å². The smallest absolute Gasteiger partial charge is 0.252 e. The van der Waals surface area contributed by atoms with E-state index in [0.717, 1.165) is 37.8 Å². The fourth-order valence-corrected chi connectivity index (χ4v) is 3.00. The Labute approximate surface area is 130 Å². The number of rotatable bonds is 3. The highest BCUT2D eigenvalue weighted by Gasteiger charge is 2.33. The molecule has 0 bridgehead atoms. The molecule has 3 rings (SSSR count). The molecule has 2 aromatic rings. The Bertz CT molecular complexity index is 674. The zero-order valence-electron chi connectivity index (χ0n) is 12.5. The molecule has 1 saturated carbocycles. The van der Waals surface area contributed by atoms with Gasteiger partial charge in [0.25, 0.3) is 5.91 Å². The highest BCUT2D eigenvalue weighted by atomic mass is 16.1. The second-order valence-corrected chi connectivity index (χ2v) is 5.85. The summed E-state index contributed by atoms with van der Waals surface area (Å²) in [6.07, 6.45) is 8.56. The molecule has 1 aliphatic carbocycles. The van der Waals surface area contributed by atoms with Crippen molar-refractivity contribution in [3.05, 3.63) is 54.4 Å². The fourth-order valence-electron chi connectivity index (χ4n) is 3.00. The summed E-state index contributed by atoms with van der Waals surface area (Å²) in [5.74, 6) is -0.164. The number of carbonyl (C=O) groups is 1. The highest BCUT2D eigenvalue weighted by molar-refractivity contribution is 5.95. The number of hydrogen-bond donors (Lipinski definition) is 1. The molecule has 1 heterocycles. The Morgan fingerprint density at radius 2 is 1.73 bits per heavy atom. The average molecular weight is 293 g/mol. The number of hydrogen-bond acceptors (Lipinski definition) is 2. The Hall–Kier alpha value is -2.54. The third-order valence-electron chi connectivity index (χ3n) is 4.31. The van der Waals surface area contributed by atoms with Gasteiger partial charge in [-0.15, -0.1) is 0 Å². The molecule has 112 valence electrons. The largest absolute Gasteiger partial charge is 0.334 e. The van der Waals surface area contributed by atoms with E-state index < -0.39 is 5.54 Å². The van der Waals surface area contributed by atoms with Crippen molar-refractivity contribution in [3.63, 3.8) is 0 Å². The zero-order valence-corrected chi connectivity index (χ0v) is 12.5. The number of nitrogens with zero attached hydrogens (tertiary/aromatic N) is 2. The van der Waals surface area contributed by atoms with Gasteiger partial charge in [0.2, 0.25) is 0 Å². The van der Waals surface area contributed by atoms with Crippen molar-refractivity contribution < 1.29 is 4.79 Å². The van der Waals surface area contributed by atoms with Crippen molar-refractivity contribution >= 4 is 5.91 Å². The molecule has 1 N–H and O–H groups in total. The summed E-state index contributed by atoms with van der Waals surface area (Å²) in [5, 5.41) is 12.4. The van der Waals surface area contributed by atoms with Gasteiger partial charge in [0.05, 0.1) is 6.07 Å². The third kappa shape index (κ3) is 2.89. The van der Waals surface area contributed by atoms with Crippen LogP contribution in [0.1, 0.15) is 42.5 Å². The Kier molecular flexibility index (Phi) is 3.97. The highest BCUT2D eigenvalue weighted by Crippen LogP contribution is 2.28. The number of amides is 1. The van der Waals surface area contributed by atoms with Crippen LogP contribution in [-0.2, 0) is 0 Å². The molecule has 0 aliphatic heterocycles. The van der Waals surface area contributed by atoms with Crippen molar-refractivity contribution in [1.82, 2.24) is 9.88 Å². The molecule has 1 aromatic heterocycles. The van der Waals surface area contributed by atoms with Gasteiger partial charge >= 0.3 is 0 Å². The van der Waals surface area contributed by atoms with Crippen LogP contribution in [0.5, 0.6) is 0 Å². The molecule has 0 atom stereocenters. The number of nitriles is 1. The standard InChI is InChI=1S/C18H19N3O/c19-14-18(10-2-1-3-11-18)20-17(22)15-6-8-16(9-7-15)21-12-4-5-13-21/h4-9,12-13H,1-3,10-11H2,(H,20,22). The minimum atomic E-state index is -0.686. The van der Waals surface area contributed by atoms with Gasteiger partial charge in [0.1, 0.15) is 5.54 Å². The predicted molar refractivity (Wildman–Crippen MR) is 84.7 cm³/mol. The average Bonchev–Trinajstić information content (AvgIpc) is 3.10. The first kappa shape index (κ1) is 14.4. The van der Waals surface area contributed by atoms with E-state index >= 15 is 0 Å². The molecule has 0 radical (unpaired) electrons. The molecule has 4 heteroatoms. The molecule has 1 fully saturated rings. The van der Waals surface area contributed by atoms with Crippen LogP contribution < -0.4 is 5.32 Å². The third-order valence-corrected chi connectivity index (χ3v) is 4.31. The fraction of sp³-hybridized carbons (Fsp3) is 0.333. The van der Waals surface area contributed by atoms with Crippen molar-refractivity contribution in [2.45, 2.75) is 37.6 Å². The molecule has 0 spiro atoms. The lowest BCUT2D eigenvalue weighted by Crippen LogP contribution is -2.48. The second-order valence-electron chi connectivity index (χ2n) is 5.85. The van der Waals surface area contributed by atoms with E-state index in [1.54, 1.807) is 12.1 Å². The van der Waals surface area contributed by atoms with E-state index in [1.165, 1.54) is 0 Å². The van der Waals surface area contributed by atoms with E-state index in [0.29, 0.717) is 5.56 Å². The predicted octanol–water partition coefficient (Wildman–Crippen LogP) is 3.43. The lowest BCUT2D eigenvalue weighted by Gasteiger charge is -2.31. The van der Waals surface area contributed by atoms with Crippen LogP contribution in [0.3, 0.4) is 0 Å². The minimum absolute atomic E-state index is 0.164. The van der Waals surface area contributed by atoms with E-state index in [1.807, 2.05) is 41.2 Å². The van der Waals surface area contributed by atoms with E-state index in [9.17, 15) is 10.1 Å². The van der Waals surface area contributed by atoms with Crippen molar-refractivity contribution in [2.24, 2.45) is 0 Å². The molecule has 22 heavy (non-hydrogen) atoms. The first-order chi connectivity index (χ1) is 10.7. The van der Waals surface area contributed by atoms with Gasteiger partial charge in [-0.1, -0.05) is 19.3 Å². The lowest BCUT2D eigenvalue weighted by atomic mass is 9.82. The lowest BCUT2D eigenvalue weighted by molar-refractivity contribution is 0.0902. The maximum Gasteiger partial charge on any atom is 0.252 e. The van der Waals surface area contributed by atoms with Crippen LogP contribution in [0.25, 0.3) is 5.69 Å². The van der Waals surface area contributed by atoms with E-state index in [2.05, 4.69) is 11.4 Å². The Morgan fingerprint density at radius 1 is 1.09 bits per heavy atom. The molecule has 1 amide bonds. The van der Waals surface area contributed by atoms with Crippen LogP contribution in [0.4, 0.5) is 0 Å². The summed E-state index contributed by atoms with van der Waals surface area (Å²) < 4.78 is 1.99. The summed E-state index contributed by atoms with van der Waals surface area (Å²) in [7, 11) is 0. The summed E-state index contributed by atoms with van der Waals surface area (Å²) in [5.41, 5.74) is 0.916. The van der Waals surface area contributed by atoms with E-state index in [4.69, 9.17) is 0 Å². The molecule has 4 nitrogen and oxygen atoms in total. The number of benzene rings is 1. The maximum absolute atomic E-state index is 12.4. The summed E-state index contributed by atoms with van der Waals surface area (Å²) in [6.45, 7) is 0. The molecule has 0 unspecified atom stereocenters. The van der Waals surface area contributed by atoms with Gasteiger partial charge < -0.3 is 9.88 Å². The van der Waals surface area contributed by atoms with Crippen LogP contribution in [0.15, 0.2) is 48.8 Å². The second kappa shape index (κ2) is 6.07. The topological polar surface area (TPSA) is 57.8 Å². The van der Waals surface area contributed by atoms with Crippen molar-refractivity contribution in [1.29, 1.82) is 5.26 Å². The quantitative estimate of drug-likeness (QED) is 0.942. The molecular formula is C18H19N3O. The van der Waals surface area contributed by atoms with Crippen LogP contribution in [0, 0.1) is 11.3 Å². The molecule has 1 aromatic carbocycles. The van der Waals surface area contributed by atoms with Gasteiger partial charge in [-0.05, 0) is 49.2 Å². The molecule has 0 saturated heterocycles. The molecule has 1 aliphatic rings. The monoisotopic (exact) mass is 293 g/mol. The maximum atomic E-state index is 12.4. The van der Waals surface area contributed by atoms with Gasteiger partial charge in [0, 0.05) is 23.6 Å². The van der Waals surface area contributed by atoms with Crippen LogP contribution >= 0.6 is 0 Å².